The molecule has 5 nitrogen and oxygen atoms in total. The van der Waals surface area contributed by atoms with Crippen LogP contribution in [0.5, 0.6) is 0 Å². The predicted octanol–water partition coefficient (Wildman–Crippen LogP) is 11.6. The van der Waals surface area contributed by atoms with E-state index in [-0.39, 0.29) is 34.2 Å². The molecule has 0 radical (unpaired) electrons. The van der Waals surface area contributed by atoms with Crippen LogP contribution in [0.15, 0.2) is 47.1 Å². The zero-order chi connectivity index (χ0) is 36.1. The molecule has 3 fully saturated rings. The van der Waals surface area contributed by atoms with Crippen LogP contribution in [0.4, 0.5) is 0 Å². The van der Waals surface area contributed by atoms with Crippen molar-refractivity contribution in [2.75, 3.05) is 6.61 Å². The highest BCUT2D eigenvalue weighted by Crippen LogP contribution is 2.56. The maximum atomic E-state index is 13.4. The zero-order valence-electron chi connectivity index (χ0n) is 33.3. The molecule has 0 bridgehead atoms. The second kappa shape index (κ2) is 13.7. The van der Waals surface area contributed by atoms with Crippen molar-refractivity contribution in [1.82, 2.24) is 0 Å². The molecule has 272 valence electrons. The van der Waals surface area contributed by atoms with E-state index in [9.17, 15) is 4.79 Å². The molecule has 4 aliphatic carbocycles. The van der Waals surface area contributed by atoms with Crippen LogP contribution in [0, 0.1) is 17.3 Å². The Morgan fingerprint density at radius 3 is 2.19 bits per heavy atom. The summed E-state index contributed by atoms with van der Waals surface area (Å²) in [6.45, 7) is 36.1. The van der Waals surface area contributed by atoms with Gasteiger partial charge in [-0.15, -0.1) is 0 Å². The fourth-order valence-electron chi connectivity index (χ4n) is 7.77. The molecule has 48 heavy (non-hydrogen) atoms. The van der Waals surface area contributed by atoms with Gasteiger partial charge in [0.05, 0.1) is 6.10 Å². The molecular formula is C41H70O5Si2. The van der Waals surface area contributed by atoms with E-state index < -0.39 is 28.0 Å². The summed E-state index contributed by atoms with van der Waals surface area (Å²) in [6.07, 6.45) is 16.1. The molecule has 0 saturated heterocycles. The van der Waals surface area contributed by atoms with Gasteiger partial charge in [-0.1, -0.05) is 91.3 Å². The van der Waals surface area contributed by atoms with Crippen molar-refractivity contribution in [3.8, 4) is 0 Å². The van der Waals surface area contributed by atoms with Crippen molar-refractivity contribution in [1.29, 1.82) is 0 Å². The van der Waals surface area contributed by atoms with Crippen LogP contribution in [-0.2, 0) is 23.1 Å². The second-order valence-corrected chi connectivity index (χ2v) is 28.7. The quantitative estimate of drug-likeness (QED) is 0.0930. The molecule has 4 aliphatic rings. The van der Waals surface area contributed by atoms with E-state index in [1.54, 1.807) is 11.1 Å². The minimum Gasteiger partial charge on any atom is -0.458 e. The van der Waals surface area contributed by atoms with Gasteiger partial charge in [-0.2, -0.15) is 0 Å². The van der Waals surface area contributed by atoms with Gasteiger partial charge in [0.25, 0.3) is 0 Å². The Bertz CT molecular complexity index is 1320. The van der Waals surface area contributed by atoms with Crippen molar-refractivity contribution in [2.45, 2.75) is 181 Å². The van der Waals surface area contributed by atoms with Gasteiger partial charge in [0.1, 0.15) is 12.2 Å². The van der Waals surface area contributed by atoms with Gasteiger partial charge in [-0.25, -0.2) is 4.79 Å². The minimum absolute atomic E-state index is 0.0254. The molecular weight excluding hydrogens is 629 g/mol. The van der Waals surface area contributed by atoms with Crippen molar-refractivity contribution < 1.29 is 23.1 Å². The molecule has 0 spiro atoms. The van der Waals surface area contributed by atoms with Gasteiger partial charge in [-0.3, -0.25) is 0 Å². The van der Waals surface area contributed by atoms with Crippen LogP contribution < -0.4 is 0 Å². The highest BCUT2D eigenvalue weighted by Gasteiger charge is 2.52. The SMILES string of the molecule is C=C1C(=CC=C2CCC[C@]3(C)C(CC)=CC[C@@H]23)C[C@](OCC(=O)OC(C)(C)C2CC2)(O[Si](C)(C)C(C)(C)C)CC1O[Si](C)(C)C(C)(C)C. The highest BCUT2D eigenvalue weighted by atomic mass is 28.4. The lowest BCUT2D eigenvalue weighted by Gasteiger charge is -2.51. The third-order valence-electron chi connectivity index (χ3n) is 13.2. The summed E-state index contributed by atoms with van der Waals surface area (Å²) in [5.74, 6) is -0.378. The van der Waals surface area contributed by atoms with Crippen LogP contribution in [0.1, 0.15) is 127 Å². The summed E-state index contributed by atoms with van der Waals surface area (Å²) < 4.78 is 27.3. The van der Waals surface area contributed by atoms with Crippen LogP contribution >= 0.6 is 0 Å². The third-order valence-corrected chi connectivity index (χ3v) is 22.2. The number of carbonyl (C=O) groups is 1. The number of carbonyl (C=O) groups excluding carboxylic acids is 1. The Labute approximate surface area is 296 Å². The molecule has 7 heteroatoms. The first kappa shape index (κ1) is 39.5. The van der Waals surface area contributed by atoms with E-state index >= 15 is 0 Å². The predicted molar refractivity (Wildman–Crippen MR) is 205 cm³/mol. The van der Waals surface area contributed by atoms with Crippen molar-refractivity contribution in [3.05, 3.63) is 47.1 Å². The van der Waals surface area contributed by atoms with Crippen molar-refractivity contribution >= 4 is 22.6 Å². The summed E-state index contributed by atoms with van der Waals surface area (Å²) in [5.41, 5.74) is 5.08. The molecule has 0 heterocycles. The average molecular weight is 699 g/mol. The first-order valence-electron chi connectivity index (χ1n) is 18.9. The van der Waals surface area contributed by atoms with Gasteiger partial charge in [-0.05, 0) is 123 Å². The molecule has 0 aliphatic heterocycles. The molecule has 3 saturated carbocycles. The normalized spacial score (nSPS) is 30.9. The number of allylic oxidation sites excluding steroid dienone is 5. The molecule has 4 rings (SSSR count). The summed E-state index contributed by atoms with van der Waals surface area (Å²) in [5, 5.41) is -0.0233. The first-order chi connectivity index (χ1) is 21.9. The summed E-state index contributed by atoms with van der Waals surface area (Å²) in [7, 11) is -4.56. The lowest BCUT2D eigenvalue weighted by molar-refractivity contribution is -0.219. The Hall–Kier alpha value is -1.26. The van der Waals surface area contributed by atoms with Crippen LogP contribution in [-0.4, -0.2) is 46.7 Å². The third kappa shape index (κ3) is 8.44. The van der Waals surface area contributed by atoms with Gasteiger partial charge >= 0.3 is 5.97 Å². The van der Waals surface area contributed by atoms with Crippen LogP contribution in [0.3, 0.4) is 0 Å². The van der Waals surface area contributed by atoms with Gasteiger partial charge < -0.3 is 18.3 Å². The first-order valence-corrected chi connectivity index (χ1v) is 24.7. The molecule has 0 aromatic carbocycles. The van der Waals surface area contributed by atoms with Crippen molar-refractivity contribution in [2.24, 2.45) is 17.3 Å². The summed E-state index contributed by atoms with van der Waals surface area (Å²) in [6, 6.07) is 0. The Morgan fingerprint density at radius 1 is 1.00 bits per heavy atom. The molecule has 0 amide bonds. The topological polar surface area (TPSA) is 54.0 Å². The molecule has 1 unspecified atom stereocenters. The standard InChI is InChI=1S/C41H70O5Si2/c1-16-32-23-24-34-30(18-17-25-40(32,34)11)19-20-31-26-41(46-48(14,15)38(6,7)8,43-28-36(42)44-39(9,10)33-21-22-33)27-35(29(31)2)45-47(12,13)37(3,4)5/h19-20,23,33-35H,2,16-18,21-22,24-28H2,1,3-15H3/t34-,35?,40+,41-/m0/s1. The average Bonchev–Trinajstić information content (AvgIpc) is 3.74. The van der Waals surface area contributed by atoms with E-state index in [4.69, 9.17) is 24.9 Å². The highest BCUT2D eigenvalue weighted by molar-refractivity contribution is 6.74. The number of esters is 1. The maximum absolute atomic E-state index is 13.4. The smallest absolute Gasteiger partial charge is 0.332 e. The van der Waals surface area contributed by atoms with Crippen LogP contribution in [0.2, 0.25) is 36.3 Å². The van der Waals surface area contributed by atoms with E-state index in [0.717, 1.165) is 43.3 Å². The number of rotatable bonds is 11. The minimum atomic E-state index is -2.36. The van der Waals surface area contributed by atoms with E-state index in [0.29, 0.717) is 24.7 Å². The fourth-order valence-corrected chi connectivity index (χ4v) is 10.5. The maximum Gasteiger partial charge on any atom is 0.332 e. The van der Waals surface area contributed by atoms with Crippen LogP contribution in [0.25, 0.3) is 0 Å². The Balaban J connectivity index is 1.74. The second-order valence-electron chi connectivity index (χ2n) is 19.3. The van der Waals surface area contributed by atoms with E-state index in [1.165, 1.54) is 12.8 Å². The van der Waals surface area contributed by atoms with E-state index in [2.05, 4.69) is 99.8 Å². The number of ether oxygens (including phenoxy) is 2. The number of hydrogen-bond donors (Lipinski definition) is 0. The molecule has 0 aromatic heterocycles. The van der Waals surface area contributed by atoms with E-state index in [1.807, 2.05) is 13.8 Å². The van der Waals surface area contributed by atoms with Gasteiger partial charge in [0, 0.05) is 12.8 Å². The fraction of sp³-hybridized carbons (Fsp3) is 0.780. The van der Waals surface area contributed by atoms with Crippen molar-refractivity contribution in [3.63, 3.8) is 0 Å². The summed E-state index contributed by atoms with van der Waals surface area (Å²) >= 11 is 0. The largest absolute Gasteiger partial charge is 0.458 e. The lowest BCUT2D eigenvalue weighted by Crippen LogP contribution is -2.56. The van der Waals surface area contributed by atoms with Gasteiger partial charge in [0.15, 0.2) is 22.4 Å². The monoisotopic (exact) mass is 698 g/mol. The Kier molecular flexibility index (Phi) is 11.3. The Morgan fingerprint density at radius 2 is 1.62 bits per heavy atom. The zero-order valence-corrected chi connectivity index (χ0v) is 35.3. The van der Waals surface area contributed by atoms with Gasteiger partial charge in [0.2, 0.25) is 0 Å². The number of hydrogen-bond acceptors (Lipinski definition) is 5. The molecule has 0 aromatic rings. The lowest BCUT2D eigenvalue weighted by atomic mass is 9.64. The molecule has 0 N–H and O–H groups in total. The number of fused-ring (bicyclic) bond motifs is 1. The summed E-state index contributed by atoms with van der Waals surface area (Å²) in [4.78, 5) is 13.4. The molecule has 4 atom stereocenters.